The fourth-order valence-corrected chi connectivity index (χ4v) is 1.74. The van der Waals surface area contributed by atoms with Crippen molar-refractivity contribution in [2.75, 3.05) is 18.5 Å². The van der Waals surface area contributed by atoms with E-state index in [1.165, 1.54) is 0 Å². The van der Waals surface area contributed by atoms with Gasteiger partial charge in [-0.2, -0.15) is 0 Å². The average Bonchev–Trinajstić information content (AvgIpc) is 2.65. The Balaban J connectivity index is 1.90. The Morgan fingerprint density at radius 3 is 2.87 bits per heavy atom. The molecular weight excluding hydrogens is 214 g/mol. The van der Waals surface area contributed by atoms with Gasteiger partial charge in [0.25, 0.3) is 0 Å². The molecule has 1 aromatic heterocycles. The van der Waals surface area contributed by atoms with Crippen LogP contribution in [0.1, 0.15) is 19.8 Å². The summed E-state index contributed by atoms with van der Waals surface area (Å²) < 4.78 is 5.64. The fourth-order valence-electron chi connectivity index (χ4n) is 1.65. The van der Waals surface area contributed by atoms with Crippen molar-refractivity contribution in [2.45, 2.75) is 25.4 Å². The Morgan fingerprint density at radius 1 is 1.53 bits per heavy atom. The maximum Gasteiger partial charge on any atom is 0.222 e. The van der Waals surface area contributed by atoms with Crippen molar-refractivity contribution < 1.29 is 4.74 Å². The number of rotatable bonds is 3. The van der Waals surface area contributed by atoms with Crippen LogP contribution in [0, 0.1) is 0 Å². The highest BCUT2D eigenvalue weighted by atomic mass is 35.5. The van der Waals surface area contributed by atoms with E-state index < -0.39 is 0 Å². The molecule has 1 unspecified atom stereocenters. The first-order valence-electron chi connectivity index (χ1n) is 5.03. The first kappa shape index (κ1) is 10.6. The summed E-state index contributed by atoms with van der Waals surface area (Å²) in [6.45, 7) is 3.68. The van der Waals surface area contributed by atoms with Gasteiger partial charge in [-0.3, -0.25) is 0 Å². The highest BCUT2D eigenvalue weighted by molar-refractivity contribution is 6.30. The molecule has 82 valence electrons. The summed E-state index contributed by atoms with van der Waals surface area (Å²) >= 11 is 5.69. The Kier molecular flexibility index (Phi) is 3.07. The van der Waals surface area contributed by atoms with Gasteiger partial charge in [0.05, 0.1) is 23.0 Å². The lowest BCUT2D eigenvalue weighted by Gasteiger charge is -2.23. The predicted octanol–water partition coefficient (Wildman–Crippen LogP) is 2.11. The number of halogens is 1. The normalized spacial score (nSPS) is 25.5. The minimum Gasteiger partial charge on any atom is -0.373 e. The van der Waals surface area contributed by atoms with Crippen LogP contribution in [0.3, 0.4) is 0 Å². The summed E-state index contributed by atoms with van der Waals surface area (Å²) in [5.74, 6) is 0.594. The summed E-state index contributed by atoms with van der Waals surface area (Å²) in [4.78, 5) is 8.12. The third-order valence-corrected chi connectivity index (χ3v) is 2.74. The monoisotopic (exact) mass is 227 g/mol. The molecule has 15 heavy (non-hydrogen) atoms. The highest BCUT2D eigenvalue weighted by Gasteiger charge is 2.29. The Bertz CT molecular complexity index is 322. The summed E-state index contributed by atoms with van der Waals surface area (Å²) in [7, 11) is 0. The molecule has 0 aromatic carbocycles. The summed E-state index contributed by atoms with van der Waals surface area (Å²) in [5, 5.41) is 3.69. The molecule has 0 bridgehead atoms. The zero-order valence-corrected chi connectivity index (χ0v) is 9.42. The lowest BCUT2D eigenvalue weighted by molar-refractivity contribution is 0.0314. The molecule has 1 aliphatic rings. The minimum atomic E-state index is -0.0804. The molecule has 2 heterocycles. The average molecular weight is 228 g/mol. The van der Waals surface area contributed by atoms with Crippen molar-refractivity contribution in [1.82, 2.24) is 9.97 Å². The second-order valence-corrected chi connectivity index (χ2v) is 4.42. The highest BCUT2D eigenvalue weighted by Crippen LogP contribution is 2.24. The van der Waals surface area contributed by atoms with E-state index in [9.17, 15) is 0 Å². The number of nitrogens with one attached hydrogen (secondary N) is 1. The molecule has 1 aromatic rings. The van der Waals surface area contributed by atoms with Crippen molar-refractivity contribution in [3.63, 3.8) is 0 Å². The van der Waals surface area contributed by atoms with Crippen molar-refractivity contribution in [1.29, 1.82) is 0 Å². The van der Waals surface area contributed by atoms with E-state index in [1.807, 2.05) is 0 Å². The zero-order valence-electron chi connectivity index (χ0n) is 8.66. The van der Waals surface area contributed by atoms with Gasteiger partial charge in [-0.1, -0.05) is 11.6 Å². The van der Waals surface area contributed by atoms with E-state index in [-0.39, 0.29) is 5.60 Å². The number of hydrogen-bond acceptors (Lipinski definition) is 4. The lowest BCUT2D eigenvalue weighted by atomic mass is 10.0. The van der Waals surface area contributed by atoms with Crippen molar-refractivity contribution in [3.05, 3.63) is 17.4 Å². The van der Waals surface area contributed by atoms with Gasteiger partial charge in [-0.05, 0) is 19.8 Å². The van der Waals surface area contributed by atoms with Crippen LogP contribution in [-0.2, 0) is 4.74 Å². The van der Waals surface area contributed by atoms with E-state index in [0.717, 1.165) is 26.0 Å². The summed E-state index contributed by atoms with van der Waals surface area (Å²) in [6.07, 6.45) is 5.36. The van der Waals surface area contributed by atoms with Crippen molar-refractivity contribution in [2.24, 2.45) is 0 Å². The molecule has 0 aliphatic carbocycles. The number of aromatic nitrogens is 2. The van der Waals surface area contributed by atoms with Gasteiger partial charge in [-0.25, -0.2) is 9.97 Å². The molecule has 1 atom stereocenters. The van der Waals surface area contributed by atoms with E-state index in [2.05, 4.69) is 22.2 Å². The van der Waals surface area contributed by atoms with Gasteiger partial charge < -0.3 is 10.1 Å². The van der Waals surface area contributed by atoms with Gasteiger partial charge in [0, 0.05) is 13.2 Å². The molecule has 0 amide bonds. The molecule has 1 fully saturated rings. The molecule has 0 saturated carbocycles. The third-order valence-electron chi connectivity index (χ3n) is 2.54. The van der Waals surface area contributed by atoms with E-state index in [1.54, 1.807) is 12.4 Å². The van der Waals surface area contributed by atoms with Gasteiger partial charge >= 0.3 is 0 Å². The first-order chi connectivity index (χ1) is 7.18. The molecule has 0 spiro atoms. The predicted molar refractivity (Wildman–Crippen MR) is 59.1 cm³/mol. The molecule has 1 saturated heterocycles. The number of ether oxygens (including phenoxy) is 1. The minimum absolute atomic E-state index is 0.0804. The smallest absolute Gasteiger partial charge is 0.222 e. The number of hydrogen-bond donors (Lipinski definition) is 1. The Labute approximate surface area is 94.0 Å². The van der Waals surface area contributed by atoms with Crippen LogP contribution in [0.15, 0.2) is 12.4 Å². The van der Waals surface area contributed by atoms with E-state index in [0.29, 0.717) is 11.0 Å². The number of anilines is 1. The second kappa shape index (κ2) is 4.33. The fraction of sp³-hybridized carbons (Fsp3) is 0.600. The maximum atomic E-state index is 5.69. The maximum absolute atomic E-state index is 5.69. The zero-order chi connectivity index (χ0) is 10.7. The van der Waals surface area contributed by atoms with Gasteiger partial charge in [0.15, 0.2) is 0 Å². The standard InChI is InChI=1S/C10H14ClN3O/c1-10(3-2-4-15-10)7-14-9-12-5-8(11)6-13-9/h5-6H,2-4,7H2,1H3,(H,12,13,14). The quantitative estimate of drug-likeness (QED) is 0.859. The first-order valence-corrected chi connectivity index (χ1v) is 5.41. The van der Waals surface area contributed by atoms with Gasteiger partial charge in [0.2, 0.25) is 5.95 Å². The topological polar surface area (TPSA) is 47.0 Å². The van der Waals surface area contributed by atoms with Crippen LogP contribution >= 0.6 is 11.6 Å². The molecule has 1 aliphatic heterocycles. The van der Waals surface area contributed by atoms with Gasteiger partial charge in [0.1, 0.15) is 0 Å². The van der Waals surface area contributed by atoms with E-state index >= 15 is 0 Å². The lowest BCUT2D eigenvalue weighted by Crippen LogP contribution is -2.32. The number of nitrogens with zero attached hydrogens (tertiary/aromatic N) is 2. The van der Waals surface area contributed by atoms with Crippen LogP contribution in [-0.4, -0.2) is 28.7 Å². The summed E-state index contributed by atoms with van der Waals surface area (Å²) in [5.41, 5.74) is -0.0804. The van der Waals surface area contributed by atoms with Crippen LogP contribution in [0.25, 0.3) is 0 Å². The van der Waals surface area contributed by atoms with Crippen molar-refractivity contribution in [3.8, 4) is 0 Å². The SMILES string of the molecule is CC1(CNc2ncc(Cl)cn2)CCCO1. The molecule has 0 radical (unpaired) electrons. The van der Waals surface area contributed by atoms with Crippen LogP contribution in [0.4, 0.5) is 5.95 Å². The molecular formula is C10H14ClN3O. The van der Waals surface area contributed by atoms with Crippen LogP contribution in [0.2, 0.25) is 5.02 Å². The summed E-state index contributed by atoms with van der Waals surface area (Å²) in [6, 6.07) is 0. The Morgan fingerprint density at radius 2 is 2.27 bits per heavy atom. The molecule has 2 rings (SSSR count). The van der Waals surface area contributed by atoms with Crippen molar-refractivity contribution >= 4 is 17.5 Å². The molecule has 4 nitrogen and oxygen atoms in total. The Hall–Kier alpha value is -0.870. The largest absolute Gasteiger partial charge is 0.373 e. The van der Waals surface area contributed by atoms with E-state index in [4.69, 9.17) is 16.3 Å². The van der Waals surface area contributed by atoms with Crippen LogP contribution < -0.4 is 5.32 Å². The molecule has 1 N–H and O–H groups in total. The second-order valence-electron chi connectivity index (χ2n) is 3.98. The molecule has 5 heteroatoms. The third kappa shape index (κ3) is 2.79. The van der Waals surface area contributed by atoms with Crippen LogP contribution in [0.5, 0.6) is 0 Å². The van der Waals surface area contributed by atoms with Gasteiger partial charge in [-0.15, -0.1) is 0 Å².